The number of benzene rings is 2. The fourth-order valence-corrected chi connectivity index (χ4v) is 3.53. The number of nitrogens with zero attached hydrogens (tertiary/aromatic N) is 2. The van der Waals surface area contributed by atoms with Crippen molar-refractivity contribution in [2.45, 2.75) is 25.3 Å². The normalized spacial score (nSPS) is 11.6. The van der Waals surface area contributed by atoms with E-state index in [1.807, 2.05) is 36.4 Å². The van der Waals surface area contributed by atoms with Gasteiger partial charge in [-0.15, -0.1) is 0 Å². The first-order chi connectivity index (χ1) is 15.8. The Bertz CT molecular complexity index is 1150. The Balaban J connectivity index is 1.57. The molecule has 0 aliphatic carbocycles. The number of aryl methyl sites for hydroxylation is 1. The van der Waals surface area contributed by atoms with Gasteiger partial charge in [-0.3, -0.25) is 14.9 Å². The number of fused-ring (bicyclic) bond motifs is 1. The number of rotatable bonds is 9. The second-order valence-electron chi connectivity index (χ2n) is 7.49. The Morgan fingerprint density at radius 3 is 2.55 bits per heavy atom. The van der Waals surface area contributed by atoms with Crippen molar-refractivity contribution in [3.8, 4) is 0 Å². The van der Waals surface area contributed by atoms with Gasteiger partial charge in [0.25, 0.3) is 0 Å². The van der Waals surface area contributed by atoms with E-state index in [2.05, 4.69) is 10.3 Å². The number of hydrogen-bond donors (Lipinski definition) is 2. The van der Waals surface area contributed by atoms with Crippen LogP contribution in [-0.4, -0.2) is 52.7 Å². The lowest BCUT2D eigenvalue weighted by Gasteiger charge is -2.27. The zero-order valence-electron chi connectivity index (χ0n) is 18.0. The van der Waals surface area contributed by atoms with E-state index in [0.29, 0.717) is 17.3 Å². The number of carboxylic acid groups (broad SMARTS) is 1. The van der Waals surface area contributed by atoms with Gasteiger partial charge in [0.05, 0.1) is 12.5 Å². The minimum absolute atomic E-state index is 0.142. The fourth-order valence-electron chi connectivity index (χ4n) is 3.30. The molecule has 8 nitrogen and oxygen atoms in total. The molecule has 2 amide bonds. The minimum Gasteiger partial charge on any atom is -0.481 e. The van der Waals surface area contributed by atoms with Crippen LogP contribution in [0.1, 0.15) is 18.4 Å². The number of anilines is 1. The third kappa shape index (κ3) is 6.92. The van der Waals surface area contributed by atoms with E-state index in [-0.39, 0.29) is 25.4 Å². The molecule has 3 rings (SSSR count). The lowest BCUT2D eigenvalue weighted by Crippen LogP contribution is -2.42. The molecule has 0 bridgehead atoms. The van der Waals surface area contributed by atoms with E-state index in [1.54, 1.807) is 24.4 Å². The van der Waals surface area contributed by atoms with E-state index >= 15 is 0 Å². The van der Waals surface area contributed by atoms with Crippen LogP contribution in [0.25, 0.3) is 10.8 Å². The van der Waals surface area contributed by atoms with Crippen molar-refractivity contribution in [1.82, 2.24) is 9.88 Å². The number of aromatic nitrogens is 1. The summed E-state index contributed by atoms with van der Waals surface area (Å²) in [5, 5.41) is 14.2. The molecule has 0 unspecified atom stereocenters. The maximum Gasteiger partial charge on any atom is 0.412 e. The molecular formula is C24H24ClN3O5. The number of carbonyl (C=O) groups is 3. The summed E-state index contributed by atoms with van der Waals surface area (Å²) in [7, 11) is 1.49. The van der Waals surface area contributed by atoms with Crippen LogP contribution < -0.4 is 5.32 Å². The molecule has 0 aliphatic rings. The van der Waals surface area contributed by atoms with Crippen LogP contribution in [0.3, 0.4) is 0 Å². The summed E-state index contributed by atoms with van der Waals surface area (Å²) in [5.74, 6) is -1.08. The number of carbonyl (C=O) groups excluding carboxylic acids is 2. The van der Waals surface area contributed by atoms with Crippen LogP contribution in [0.5, 0.6) is 0 Å². The summed E-state index contributed by atoms with van der Waals surface area (Å²) in [6.07, 6.45) is 1.03. The van der Waals surface area contributed by atoms with Gasteiger partial charge < -0.3 is 14.7 Å². The van der Waals surface area contributed by atoms with Crippen molar-refractivity contribution in [2.24, 2.45) is 0 Å². The number of halogens is 1. The summed E-state index contributed by atoms with van der Waals surface area (Å²) in [4.78, 5) is 41.6. The molecule has 0 saturated heterocycles. The maximum atomic E-state index is 12.6. The van der Waals surface area contributed by atoms with E-state index in [4.69, 9.17) is 16.3 Å². The number of hydrogen-bond acceptors (Lipinski definition) is 5. The molecule has 33 heavy (non-hydrogen) atoms. The number of ether oxygens (including phenoxy) is 1. The van der Waals surface area contributed by atoms with E-state index in [1.165, 1.54) is 11.9 Å². The first kappa shape index (κ1) is 24.0. The zero-order valence-corrected chi connectivity index (χ0v) is 18.8. The third-order valence-electron chi connectivity index (χ3n) is 5.19. The van der Waals surface area contributed by atoms with Crippen LogP contribution >= 0.6 is 11.6 Å². The van der Waals surface area contributed by atoms with E-state index in [9.17, 15) is 19.5 Å². The molecule has 0 saturated carbocycles. The smallest absolute Gasteiger partial charge is 0.412 e. The maximum absolute atomic E-state index is 12.6. The lowest BCUT2D eigenvalue weighted by molar-refractivity contribution is -0.141. The van der Waals surface area contributed by atoms with Gasteiger partial charge in [-0.2, -0.15) is 0 Å². The highest BCUT2D eigenvalue weighted by atomic mass is 35.5. The van der Waals surface area contributed by atoms with Gasteiger partial charge in [0.1, 0.15) is 12.4 Å². The van der Waals surface area contributed by atoms with Crippen LogP contribution in [-0.2, 0) is 20.7 Å². The number of pyridine rings is 1. The van der Waals surface area contributed by atoms with Gasteiger partial charge >= 0.3 is 12.1 Å². The largest absolute Gasteiger partial charge is 0.481 e. The van der Waals surface area contributed by atoms with Crippen molar-refractivity contribution in [3.63, 3.8) is 0 Å². The zero-order chi connectivity index (χ0) is 23.8. The molecule has 9 heteroatoms. The Morgan fingerprint density at radius 1 is 1.12 bits per heavy atom. The lowest BCUT2D eigenvalue weighted by atomic mass is 10.1. The summed E-state index contributed by atoms with van der Waals surface area (Å²) < 4.78 is 5.21. The van der Waals surface area contributed by atoms with Crippen LogP contribution in [0.15, 0.2) is 60.8 Å². The van der Waals surface area contributed by atoms with E-state index in [0.717, 1.165) is 16.3 Å². The van der Waals surface area contributed by atoms with Crippen molar-refractivity contribution >= 4 is 46.2 Å². The van der Waals surface area contributed by atoms with Gasteiger partial charge in [0.2, 0.25) is 5.91 Å². The van der Waals surface area contributed by atoms with Gasteiger partial charge in [-0.05, 0) is 29.5 Å². The summed E-state index contributed by atoms with van der Waals surface area (Å²) in [6, 6.07) is 15.6. The van der Waals surface area contributed by atoms with Crippen LogP contribution in [0, 0.1) is 0 Å². The standard InChI is InChI=1S/C24H24ClN3O5/c1-28(22(29)11-10-16-6-4-5-9-20(16)25)19(13-23(30)31)15-33-24(32)27-21-12-17-7-2-3-8-18(17)14-26-21/h2-9,12,14,19H,10-11,13,15H2,1H3,(H,30,31)(H,26,27,32)/t19-/m0/s1. The predicted octanol–water partition coefficient (Wildman–Crippen LogP) is 4.37. The highest BCUT2D eigenvalue weighted by molar-refractivity contribution is 6.31. The predicted molar refractivity (Wildman–Crippen MR) is 125 cm³/mol. The van der Waals surface area contributed by atoms with Crippen LogP contribution in [0.2, 0.25) is 5.02 Å². The monoisotopic (exact) mass is 469 g/mol. The first-order valence-electron chi connectivity index (χ1n) is 10.3. The molecule has 0 aliphatic heterocycles. The minimum atomic E-state index is -1.11. The SMILES string of the molecule is CN(C(=O)CCc1ccccc1Cl)[C@H](COC(=O)Nc1cc2ccccc2cn1)CC(=O)O. The number of nitrogens with one attached hydrogen (secondary N) is 1. The van der Waals surface area contributed by atoms with Gasteiger partial charge in [0.15, 0.2) is 0 Å². The van der Waals surface area contributed by atoms with Crippen molar-refractivity contribution in [2.75, 3.05) is 19.0 Å². The molecule has 172 valence electrons. The van der Waals surface area contributed by atoms with Crippen molar-refractivity contribution in [1.29, 1.82) is 0 Å². The summed E-state index contributed by atoms with van der Waals surface area (Å²) in [5.41, 5.74) is 0.828. The molecule has 3 aromatic rings. The third-order valence-corrected chi connectivity index (χ3v) is 5.55. The Hall–Kier alpha value is -3.65. The van der Waals surface area contributed by atoms with Gasteiger partial charge in [-0.1, -0.05) is 54.1 Å². The highest BCUT2D eigenvalue weighted by Gasteiger charge is 2.24. The molecule has 1 atom stereocenters. The number of carboxylic acids is 1. The first-order valence-corrected chi connectivity index (χ1v) is 10.7. The average molecular weight is 470 g/mol. The summed E-state index contributed by atoms with van der Waals surface area (Å²) >= 11 is 6.13. The molecule has 2 aromatic carbocycles. The van der Waals surface area contributed by atoms with Gasteiger partial charge in [0, 0.05) is 30.1 Å². The molecule has 1 aromatic heterocycles. The Labute approximate surface area is 196 Å². The number of aliphatic carboxylic acids is 1. The number of amides is 2. The second-order valence-corrected chi connectivity index (χ2v) is 7.90. The molecule has 2 N–H and O–H groups in total. The van der Waals surface area contributed by atoms with Crippen LogP contribution in [0.4, 0.5) is 10.6 Å². The fraction of sp³-hybridized carbons (Fsp3) is 0.250. The molecule has 1 heterocycles. The Kier molecular flexibility index (Phi) is 8.21. The second kappa shape index (κ2) is 11.3. The summed E-state index contributed by atoms with van der Waals surface area (Å²) in [6.45, 7) is -0.278. The highest BCUT2D eigenvalue weighted by Crippen LogP contribution is 2.18. The average Bonchev–Trinajstić information content (AvgIpc) is 2.80. The molecule has 0 fully saturated rings. The molecule has 0 radical (unpaired) electrons. The van der Waals surface area contributed by atoms with E-state index < -0.39 is 18.1 Å². The Morgan fingerprint density at radius 2 is 1.82 bits per heavy atom. The van der Waals surface area contributed by atoms with Crippen molar-refractivity contribution in [3.05, 3.63) is 71.4 Å². The van der Waals surface area contributed by atoms with Crippen molar-refractivity contribution < 1.29 is 24.2 Å². The van der Waals surface area contributed by atoms with Gasteiger partial charge in [-0.25, -0.2) is 9.78 Å². The number of likely N-dealkylation sites (N-methyl/N-ethyl adjacent to an activating group) is 1. The molecule has 0 spiro atoms. The topological polar surface area (TPSA) is 109 Å². The molecular weight excluding hydrogens is 446 g/mol. The quantitative estimate of drug-likeness (QED) is 0.481.